The summed E-state index contributed by atoms with van der Waals surface area (Å²) in [6.07, 6.45) is 1.48. The molecule has 6 heteroatoms. The topological polar surface area (TPSA) is 59.6 Å². The van der Waals surface area contributed by atoms with Crippen LogP contribution in [0, 0.1) is 0 Å². The average molecular weight is 361 g/mol. The Morgan fingerprint density at radius 3 is 2.84 bits per heavy atom. The SMILES string of the molecule is COc1ccc2c(c1)C[C@H](NC(=O)NCCc1ccc(Cl)cc1)CO2. The van der Waals surface area contributed by atoms with Crippen LogP contribution in [0.1, 0.15) is 11.1 Å². The Morgan fingerprint density at radius 2 is 2.08 bits per heavy atom. The van der Waals surface area contributed by atoms with Gasteiger partial charge in [0.05, 0.1) is 13.2 Å². The standard InChI is InChI=1S/C19H21ClN2O3/c1-24-17-6-7-18-14(11-17)10-16(12-25-18)22-19(23)21-9-8-13-2-4-15(20)5-3-13/h2-7,11,16H,8-10,12H2,1H3,(H2,21,22,23)/t16-/m0/s1. The van der Waals surface area contributed by atoms with Crippen molar-refractivity contribution < 1.29 is 14.3 Å². The summed E-state index contributed by atoms with van der Waals surface area (Å²) in [7, 11) is 1.63. The lowest BCUT2D eigenvalue weighted by molar-refractivity contribution is 0.214. The molecule has 1 aliphatic heterocycles. The second kappa shape index (κ2) is 8.12. The molecule has 0 spiro atoms. The molecule has 2 N–H and O–H groups in total. The first-order chi connectivity index (χ1) is 12.1. The van der Waals surface area contributed by atoms with Gasteiger partial charge < -0.3 is 20.1 Å². The van der Waals surface area contributed by atoms with Crippen molar-refractivity contribution in [3.05, 3.63) is 58.6 Å². The zero-order valence-electron chi connectivity index (χ0n) is 14.0. The lowest BCUT2D eigenvalue weighted by Gasteiger charge is -2.26. The Bertz CT molecular complexity index is 734. The van der Waals surface area contributed by atoms with Crippen molar-refractivity contribution in [3.63, 3.8) is 0 Å². The quantitative estimate of drug-likeness (QED) is 0.860. The Balaban J connectivity index is 1.46. The van der Waals surface area contributed by atoms with Crippen LogP contribution in [-0.4, -0.2) is 32.3 Å². The van der Waals surface area contributed by atoms with E-state index in [-0.39, 0.29) is 12.1 Å². The molecule has 1 atom stereocenters. The minimum absolute atomic E-state index is 0.0601. The van der Waals surface area contributed by atoms with Crippen LogP contribution in [-0.2, 0) is 12.8 Å². The monoisotopic (exact) mass is 360 g/mol. The van der Waals surface area contributed by atoms with Gasteiger partial charge in [-0.05, 0) is 54.3 Å². The number of carbonyl (C=O) groups excluding carboxylic acids is 1. The zero-order chi connectivity index (χ0) is 17.6. The second-order valence-electron chi connectivity index (χ2n) is 5.96. The number of benzene rings is 2. The summed E-state index contributed by atoms with van der Waals surface area (Å²) < 4.78 is 10.9. The first-order valence-corrected chi connectivity index (χ1v) is 8.60. The molecule has 2 aromatic rings. The summed E-state index contributed by atoms with van der Waals surface area (Å²) in [6, 6.07) is 13.1. The number of carbonyl (C=O) groups is 1. The van der Waals surface area contributed by atoms with Crippen LogP contribution < -0.4 is 20.1 Å². The molecule has 25 heavy (non-hydrogen) atoms. The predicted octanol–water partition coefficient (Wildman–Crippen LogP) is 3.19. The van der Waals surface area contributed by atoms with Crippen LogP contribution in [0.25, 0.3) is 0 Å². The van der Waals surface area contributed by atoms with Crippen LogP contribution in [0.15, 0.2) is 42.5 Å². The van der Waals surface area contributed by atoms with Gasteiger partial charge in [0.15, 0.2) is 0 Å². The molecule has 0 aliphatic carbocycles. The highest BCUT2D eigenvalue weighted by atomic mass is 35.5. The van der Waals surface area contributed by atoms with E-state index < -0.39 is 0 Å². The third kappa shape index (κ3) is 4.79. The van der Waals surface area contributed by atoms with E-state index in [4.69, 9.17) is 21.1 Å². The van der Waals surface area contributed by atoms with E-state index in [0.29, 0.717) is 18.2 Å². The molecule has 2 aromatic carbocycles. The normalized spacial score (nSPS) is 15.7. The molecule has 0 aromatic heterocycles. The summed E-state index contributed by atoms with van der Waals surface area (Å²) in [5, 5.41) is 6.54. The van der Waals surface area contributed by atoms with Crippen LogP contribution in [0.3, 0.4) is 0 Å². The second-order valence-corrected chi connectivity index (χ2v) is 6.40. The van der Waals surface area contributed by atoms with Gasteiger partial charge in [0, 0.05) is 11.6 Å². The maximum absolute atomic E-state index is 12.1. The van der Waals surface area contributed by atoms with E-state index in [9.17, 15) is 4.79 Å². The Labute approximate surface area is 152 Å². The van der Waals surface area contributed by atoms with Gasteiger partial charge in [-0.3, -0.25) is 0 Å². The lowest BCUT2D eigenvalue weighted by Crippen LogP contribution is -2.47. The van der Waals surface area contributed by atoms with Gasteiger partial charge in [-0.1, -0.05) is 23.7 Å². The van der Waals surface area contributed by atoms with Crippen LogP contribution in [0.5, 0.6) is 11.5 Å². The summed E-state index contributed by atoms with van der Waals surface area (Å²) in [4.78, 5) is 12.1. The van der Waals surface area contributed by atoms with Crippen molar-refractivity contribution in [2.75, 3.05) is 20.3 Å². The Kier molecular flexibility index (Phi) is 5.66. The van der Waals surface area contributed by atoms with Crippen LogP contribution in [0.2, 0.25) is 5.02 Å². The fourth-order valence-corrected chi connectivity index (χ4v) is 2.92. The van der Waals surface area contributed by atoms with Crippen molar-refractivity contribution >= 4 is 17.6 Å². The maximum atomic E-state index is 12.1. The Hall–Kier alpha value is -2.40. The number of methoxy groups -OCH3 is 1. The van der Waals surface area contributed by atoms with Gasteiger partial charge in [-0.2, -0.15) is 0 Å². The van der Waals surface area contributed by atoms with Crippen molar-refractivity contribution in [2.24, 2.45) is 0 Å². The van der Waals surface area contributed by atoms with E-state index in [2.05, 4.69) is 10.6 Å². The van der Waals surface area contributed by atoms with E-state index in [1.165, 1.54) is 0 Å². The fraction of sp³-hybridized carbons (Fsp3) is 0.316. The summed E-state index contributed by atoms with van der Waals surface area (Å²) in [6.45, 7) is 1.02. The number of hydrogen-bond acceptors (Lipinski definition) is 3. The van der Waals surface area contributed by atoms with Gasteiger partial charge >= 0.3 is 6.03 Å². The van der Waals surface area contributed by atoms with Gasteiger partial charge in [0.2, 0.25) is 0 Å². The summed E-state index contributed by atoms with van der Waals surface area (Å²) in [5.41, 5.74) is 2.17. The number of ether oxygens (including phenoxy) is 2. The van der Waals surface area contributed by atoms with E-state index >= 15 is 0 Å². The smallest absolute Gasteiger partial charge is 0.315 e. The molecule has 0 fully saturated rings. The maximum Gasteiger partial charge on any atom is 0.315 e. The largest absolute Gasteiger partial charge is 0.497 e. The minimum Gasteiger partial charge on any atom is -0.497 e. The van der Waals surface area contributed by atoms with Crippen LogP contribution in [0.4, 0.5) is 4.79 Å². The molecule has 132 valence electrons. The predicted molar refractivity (Wildman–Crippen MR) is 97.7 cm³/mol. The Morgan fingerprint density at radius 1 is 1.28 bits per heavy atom. The van der Waals surface area contributed by atoms with E-state index in [1.54, 1.807) is 7.11 Å². The first kappa shape index (κ1) is 17.4. The van der Waals surface area contributed by atoms with Crippen molar-refractivity contribution in [2.45, 2.75) is 18.9 Å². The molecular weight excluding hydrogens is 340 g/mol. The van der Waals surface area contributed by atoms with Gasteiger partial charge in [0.25, 0.3) is 0 Å². The minimum atomic E-state index is -0.186. The highest BCUT2D eigenvalue weighted by Gasteiger charge is 2.21. The number of hydrogen-bond donors (Lipinski definition) is 2. The molecule has 1 aliphatic rings. The molecule has 5 nitrogen and oxygen atoms in total. The van der Waals surface area contributed by atoms with Gasteiger partial charge in [0.1, 0.15) is 18.1 Å². The van der Waals surface area contributed by atoms with E-state index in [0.717, 1.165) is 35.5 Å². The van der Waals surface area contributed by atoms with Gasteiger partial charge in [-0.15, -0.1) is 0 Å². The van der Waals surface area contributed by atoms with Gasteiger partial charge in [-0.25, -0.2) is 4.79 Å². The van der Waals surface area contributed by atoms with E-state index in [1.807, 2.05) is 42.5 Å². The molecule has 0 radical (unpaired) electrons. The number of fused-ring (bicyclic) bond motifs is 1. The number of urea groups is 1. The fourth-order valence-electron chi connectivity index (χ4n) is 2.80. The van der Waals surface area contributed by atoms with Crippen molar-refractivity contribution in [3.8, 4) is 11.5 Å². The number of rotatable bonds is 5. The highest BCUT2D eigenvalue weighted by molar-refractivity contribution is 6.30. The number of nitrogens with one attached hydrogen (secondary N) is 2. The third-order valence-electron chi connectivity index (χ3n) is 4.12. The molecule has 3 rings (SSSR count). The molecule has 0 saturated heterocycles. The molecule has 0 saturated carbocycles. The summed E-state index contributed by atoms with van der Waals surface area (Å²) >= 11 is 5.86. The van der Waals surface area contributed by atoms with Crippen LogP contribution >= 0.6 is 11.6 Å². The molecule has 0 bridgehead atoms. The zero-order valence-corrected chi connectivity index (χ0v) is 14.8. The number of halogens is 1. The third-order valence-corrected chi connectivity index (χ3v) is 4.37. The molecule has 1 heterocycles. The van der Waals surface area contributed by atoms with Crippen molar-refractivity contribution in [1.29, 1.82) is 0 Å². The molecular formula is C19H21ClN2O3. The summed E-state index contributed by atoms with van der Waals surface area (Å²) in [5.74, 6) is 1.64. The van der Waals surface area contributed by atoms with Crippen molar-refractivity contribution in [1.82, 2.24) is 10.6 Å². The molecule has 0 unspecified atom stereocenters. The average Bonchev–Trinajstić information content (AvgIpc) is 2.62. The molecule has 2 amide bonds. The number of amides is 2. The highest BCUT2D eigenvalue weighted by Crippen LogP contribution is 2.28. The first-order valence-electron chi connectivity index (χ1n) is 8.22. The lowest BCUT2D eigenvalue weighted by atomic mass is 10.0.